The monoisotopic (exact) mass is 302 g/mol. The zero-order valence-corrected chi connectivity index (χ0v) is 13.6. The second-order valence-corrected chi connectivity index (χ2v) is 7.32. The van der Waals surface area contributed by atoms with Gasteiger partial charge in [-0.1, -0.05) is 32.1 Å². The molecule has 120 valence electrons. The SMILES string of the molecule is C[C@H]1C=C2C=C[C@H](C)[C@H](CC[C@@H]3CC(=O)CC(=O)O3)[C@H]2CC1. The van der Waals surface area contributed by atoms with Crippen molar-refractivity contribution >= 4 is 11.8 Å². The van der Waals surface area contributed by atoms with E-state index in [-0.39, 0.29) is 24.3 Å². The molecule has 3 rings (SSSR count). The van der Waals surface area contributed by atoms with Crippen LogP contribution >= 0.6 is 0 Å². The number of rotatable bonds is 3. The Balaban J connectivity index is 1.64. The van der Waals surface area contributed by atoms with E-state index in [9.17, 15) is 9.59 Å². The van der Waals surface area contributed by atoms with Gasteiger partial charge < -0.3 is 4.74 Å². The Morgan fingerprint density at radius 1 is 1.18 bits per heavy atom. The number of Topliss-reactive ketones (excluding diaryl/α,β-unsaturated/α-hetero) is 1. The number of allylic oxidation sites excluding steroid dienone is 4. The molecule has 2 aliphatic carbocycles. The van der Waals surface area contributed by atoms with Crippen LogP contribution < -0.4 is 0 Å². The van der Waals surface area contributed by atoms with Gasteiger partial charge in [-0.3, -0.25) is 9.59 Å². The molecule has 0 radical (unpaired) electrons. The first-order valence-corrected chi connectivity index (χ1v) is 8.64. The van der Waals surface area contributed by atoms with Gasteiger partial charge in [0, 0.05) is 6.42 Å². The molecule has 0 aromatic rings. The Labute approximate surface area is 132 Å². The standard InChI is InChI=1S/C19H26O3/c1-12-3-7-18-14(9-12)5-4-13(2)17(18)8-6-16-10-15(20)11-19(21)22-16/h4-5,9,12-13,16-18H,3,6-8,10-11H2,1-2H3/t12-,13+,16-,17+,18+/m1/s1. The summed E-state index contributed by atoms with van der Waals surface area (Å²) in [6.45, 7) is 4.57. The van der Waals surface area contributed by atoms with Crippen LogP contribution in [0.1, 0.15) is 52.4 Å². The third-order valence-electron chi connectivity index (χ3n) is 5.54. The summed E-state index contributed by atoms with van der Waals surface area (Å²) in [6.07, 6.45) is 11.6. The van der Waals surface area contributed by atoms with Gasteiger partial charge in [-0.05, 0) is 54.9 Å². The topological polar surface area (TPSA) is 43.4 Å². The molecule has 0 spiro atoms. The molecule has 3 nitrogen and oxygen atoms in total. The van der Waals surface area contributed by atoms with E-state index in [4.69, 9.17) is 4.74 Å². The molecule has 3 aliphatic rings. The number of cyclic esters (lactones) is 1. The van der Waals surface area contributed by atoms with Crippen molar-refractivity contribution in [1.82, 2.24) is 0 Å². The number of ketones is 1. The zero-order valence-electron chi connectivity index (χ0n) is 13.6. The van der Waals surface area contributed by atoms with Crippen molar-refractivity contribution in [2.45, 2.75) is 58.5 Å². The number of carbonyl (C=O) groups excluding carboxylic acids is 2. The highest BCUT2D eigenvalue weighted by Crippen LogP contribution is 2.43. The van der Waals surface area contributed by atoms with E-state index in [0.29, 0.717) is 30.1 Å². The fraction of sp³-hybridized carbons (Fsp3) is 0.684. The van der Waals surface area contributed by atoms with Gasteiger partial charge >= 0.3 is 5.97 Å². The van der Waals surface area contributed by atoms with E-state index in [1.165, 1.54) is 18.4 Å². The van der Waals surface area contributed by atoms with Crippen molar-refractivity contribution in [1.29, 1.82) is 0 Å². The molecule has 0 bridgehead atoms. The Morgan fingerprint density at radius 2 is 2.00 bits per heavy atom. The van der Waals surface area contributed by atoms with Crippen LogP contribution in [0.25, 0.3) is 0 Å². The predicted molar refractivity (Wildman–Crippen MR) is 85.1 cm³/mol. The van der Waals surface area contributed by atoms with Gasteiger partial charge in [-0.2, -0.15) is 0 Å². The molecule has 1 heterocycles. The maximum atomic E-state index is 11.5. The van der Waals surface area contributed by atoms with Gasteiger partial charge in [0.1, 0.15) is 18.3 Å². The summed E-state index contributed by atoms with van der Waals surface area (Å²) in [5.74, 6) is 2.19. The quantitative estimate of drug-likeness (QED) is 0.588. The summed E-state index contributed by atoms with van der Waals surface area (Å²) in [5, 5.41) is 0. The first-order chi connectivity index (χ1) is 10.5. The molecule has 0 saturated carbocycles. The first-order valence-electron chi connectivity index (χ1n) is 8.64. The Kier molecular flexibility index (Phi) is 4.51. The van der Waals surface area contributed by atoms with Crippen molar-refractivity contribution < 1.29 is 14.3 Å². The summed E-state index contributed by atoms with van der Waals surface area (Å²) in [7, 11) is 0. The largest absolute Gasteiger partial charge is 0.462 e. The first kappa shape index (κ1) is 15.5. The molecular formula is C19H26O3. The van der Waals surface area contributed by atoms with Gasteiger partial charge in [0.2, 0.25) is 0 Å². The highest BCUT2D eigenvalue weighted by Gasteiger charge is 2.34. The summed E-state index contributed by atoms with van der Waals surface area (Å²) < 4.78 is 5.34. The molecule has 0 aromatic carbocycles. The molecular weight excluding hydrogens is 276 g/mol. The van der Waals surface area contributed by atoms with Crippen LogP contribution in [-0.4, -0.2) is 17.9 Å². The summed E-state index contributed by atoms with van der Waals surface area (Å²) in [6, 6.07) is 0. The van der Waals surface area contributed by atoms with Gasteiger partial charge in [0.25, 0.3) is 0 Å². The lowest BCUT2D eigenvalue weighted by atomic mass is 9.66. The van der Waals surface area contributed by atoms with E-state index in [2.05, 4.69) is 32.1 Å². The Morgan fingerprint density at radius 3 is 2.77 bits per heavy atom. The van der Waals surface area contributed by atoms with Crippen LogP contribution in [0, 0.1) is 23.7 Å². The smallest absolute Gasteiger partial charge is 0.313 e. The van der Waals surface area contributed by atoms with Crippen molar-refractivity contribution in [2.24, 2.45) is 23.7 Å². The fourth-order valence-corrected chi connectivity index (χ4v) is 4.32. The highest BCUT2D eigenvalue weighted by atomic mass is 16.5. The van der Waals surface area contributed by atoms with Crippen molar-refractivity contribution in [3.8, 4) is 0 Å². The number of hydrogen-bond donors (Lipinski definition) is 0. The van der Waals surface area contributed by atoms with Crippen molar-refractivity contribution in [3.63, 3.8) is 0 Å². The van der Waals surface area contributed by atoms with Gasteiger partial charge in [0.05, 0.1) is 0 Å². The van der Waals surface area contributed by atoms with Crippen LogP contribution in [0.4, 0.5) is 0 Å². The second kappa shape index (κ2) is 6.39. The molecule has 1 aliphatic heterocycles. The maximum Gasteiger partial charge on any atom is 0.313 e. The summed E-state index contributed by atoms with van der Waals surface area (Å²) in [5.41, 5.74) is 1.50. The molecule has 0 N–H and O–H groups in total. The average molecular weight is 302 g/mol. The number of ether oxygens (including phenoxy) is 1. The van der Waals surface area contributed by atoms with Crippen molar-refractivity contribution in [2.75, 3.05) is 0 Å². The fourth-order valence-electron chi connectivity index (χ4n) is 4.32. The third-order valence-corrected chi connectivity index (χ3v) is 5.54. The molecule has 1 fully saturated rings. The summed E-state index contributed by atoms with van der Waals surface area (Å²) >= 11 is 0. The predicted octanol–water partition coefficient (Wildman–Crippen LogP) is 3.84. The van der Waals surface area contributed by atoms with E-state index in [1.54, 1.807) is 0 Å². The minimum absolute atomic E-state index is 0.0323. The molecule has 3 heteroatoms. The lowest BCUT2D eigenvalue weighted by molar-refractivity contribution is -0.158. The molecule has 5 atom stereocenters. The summed E-state index contributed by atoms with van der Waals surface area (Å²) in [4.78, 5) is 22.9. The molecule has 0 amide bonds. The minimum Gasteiger partial charge on any atom is -0.462 e. The van der Waals surface area contributed by atoms with E-state index in [1.807, 2.05) is 0 Å². The van der Waals surface area contributed by atoms with Crippen LogP contribution in [0.5, 0.6) is 0 Å². The average Bonchev–Trinajstić information content (AvgIpc) is 2.45. The third kappa shape index (κ3) is 3.34. The highest BCUT2D eigenvalue weighted by molar-refractivity contribution is 5.97. The van der Waals surface area contributed by atoms with Crippen LogP contribution in [0.3, 0.4) is 0 Å². The lowest BCUT2D eigenvalue weighted by Gasteiger charge is -2.39. The normalized spacial score (nSPS) is 38.3. The second-order valence-electron chi connectivity index (χ2n) is 7.32. The Hall–Kier alpha value is -1.38. The van der Waals surface area contributed by atoms with Crippen molar-refractivity contribution in [3.05, 3.63) is 23.8 Å². The molecule has 22 heavy (non-hydrogen) atoms. The van der Waals surface area contributed by atoms with Crippen LogP contribution in [0.2, 0.25) is 0 Å². The Bertz CT molecular complexity index is 501. The van der Waals surface area contributed by atoms with Gasteiger partial charge in [-0.25, -0.2) is 0 Å². The van der Waals surface area contributed by atoms with E-state index in [0.717, 1.165) is 12.8 Å². The van der Waals surface area contributed by atoms with E-state index < -0.39 is 0 Å². The minimum atomic E-state index is -0.343. The number of fused-ring (bicyclic) bond motifs is 1. The maximum absolute atomic E-state index is 11.5. The van der Waals surface area contributed by atoms with Gasteiger partial charge in [0.15, 0.2) is 0 Å². The number of hydrogen-bond acceptors (Lipinski definition) is 3. The van der Waals surface area contributed by atoms with E-state index >= 15 is 0 Å². The van der Waals surface area contributed by atoms with Crippen LogP contribution in [0.15, 0.2) is 23.8 Å². The molecule has 0 aromatic heterocycles. The molecule has 1 saturated heterocycles. The lowest BCUT2D eigenvalue weighted by Crippen LogP contribution is -2.32. The van der Waals surface area contributed by atoms with Gasteiger partial charge in [-0.15, -0.1) is 0 Å². The number of carbonyl (C=O) groups is 2. The van der Waals surface area contributed by atoms with Crippen LogP contribution in [-0.2, 0) is 14.3 Å². The zero-order chi connectivity index (χ0) is 15.7. The number of esters is 1. The molecule has 0 unspecified atom stereocenters.